The van der Waals surface area contributed by atoms with E-state index < -0.39 is 53.4 Å². The Morgan fingerprint density at radius 1 is 0.939 bits per heavy atom. The maximum absolute atomic E-state index is 13.5. The second kappa shape index (κ2) is 8.45. The van der Waals surface area contributed by atoms with Gasteiger partial charge in [-0.1, -0.05) is 0 Å². The third kappa shape index (κ3) is 3.91. The Kier molecular flexibility index (Phi) is 5.80. The third-order valence-electron chi connectivity index (χ3n) is 5.40. The number of aliphatic hydroxyl groups excluding tert-OH is 3. The number of aliphatic hydroxyl groups is 3. The van der Waals surface area contributed by atoms with Gasteiger partial charge < -0.3 is 49.3 Å². The van der Waals surface area contributed by atoms with Crippen molar-refractivity contribution in [2.24, 2.45) is 0 Å². The molecule has 3 aromatic rings. The first-order valence-corrected chi connectivity index (χ1v) is 9.88. The highest BCUT2D eigenvalue weighted by Gasteiger charge is 2.44. The van der Waals surface area contributed by atoms with Crippen molar-refractivity contribution in [1.82, 2.24) is 0 Å². The molecule has 4 rings (SSSR count). The number of phenolic OH excluding ortho intramolecular Hbond substituents is 3. The van der Waals surface area contributed by atoms with Crippen LogP contribution in [0.15, 0.2) is 39.5 Å². The number of rotatable bonds is 4. The summed E-state index contributed by atoms with van der Waals surface area (Å²) in [5, 5.41) is 59.8. The molecule has 33 heavy (non-hydrogen) atoms. The van der Waals surface area contributed by atoms with Crippen LogP contribution in [0.5, 0.6) is 28.7 Å². The van der Waals surface area contributed by atoms with Crippen LogP contribution in [-0.2, 0) is 4.74 Å². The molecule has 0 radical (unpaired) electrons. The number of benzene rings is 2. The Hall–Kier alpha value is -3.51. The summed E-state index contributed by atoms with van der Waals surface area (Å²) in [6.07, 6.45) is -7.21. The van der Waals surface area contributed by atoms with Gasteiger partial charge in [0.25, 0.3) is 0 Å². The van der Waals surface area contributed by atoms with Crippen LogP contribution >= 0.6 is 0 Å². The molecule has 1 saturated heterocycles. The van der Waals surface area contributed by atoms with Gasteiger partial charge in [0.2, 0.25) is 17.5 Å². The van der Waals surface area contributed by atoms with Gasteiger partial charge in [-0.05, 0) is 25.1 Å². The fourth-order valence-electron chi connectivity index (χ4n) is 3.60. The molecule has 5 atom stereocenters. The van der Waals surface area contributed by atoms with E-state index in [1.165, 1.54) is 32.2 Å². The summed E-state index contributed by atoms with van der Waals surface area (Å²) in [5.74, 6) is -1.86. The second-order valence-corrected chi connectivity index (χ2v) is 7.61. The Morgan fingerprint density at radius 2 is 1.67 bits per heavy atom. The van der Waals surface area contributed by atoms with E-state index in [0.717, 1.165) is 12.1 Å². The summed E-state index contributed by atoms with van der Waals surface area (Å²) in [7, 11) is 1.29. The topological polar surface area (TPSA) is 179 Å². The predicted octanol–water partition coefficient (Wildman–Crippen LogP) is 0.792. The molecule has 2 heterocycles. The molecule has 11 nitrogen and oxygen atoms in total. The fraction of sp³-hybridized carbons (Fsp3) is 0.318. The number of aromatic hydroxyl groups is 3. The summed E-state index contributed by atoms with van der Waals surface area (Å²) in [4.78, 5) is 13.5. The highest BCUT2D eigenvalue weighted by atomic mass is 16.7. The van der Waals surface area contributed by atoms with Gasteiger partial charge in [-0.3, -0.25) is 4.79 Å². The highest BCUT2D eigenvalue weighted by Crippen LogP contribution is 2.39. The second-order valence-electron chi connectivity index (χ2n) is 7.61. The number of methoxy groups -OCH3 is 1. The van der Waals surface area contributed by atoms with Gasteiger partial charge in [-0.25, -0.2) is 0 Å². The van der Waals surface area contributed by atoms with E-state index in [1.807, 2.05) is 0 Å². The molecule has 2 aromatic carbocycles. The van der Waals surface area contributed by atoms with Crippen molar-refractivity contribution in [3.8, 4) is 40.1 Å². The normalized spacial score (nSPS) is 25.2. The SMILES string of the molecule is COc1cc(O)cc2oc(-c3ccc(O)c(O)c3)c(O[C@@H]3O[C@@H](C)[C@H](O)[C@@H](O)[C@H]3O)c(=O)c12. The fourth-order valence-corrected chi connectivity index (χ4v) is 3.60. The minimum Gasteiger partial charge on any atom is -0.508 e. The molecule has 0 spiro atoms. The number of phenols is 3. The standard InChI is InChI=1S/C22H22O11/c1-8-16(26)18(28)19(29)22(31-8)33-21-17(27)15-13(30-2)6-10(23)7-14(15)32-20(21)9-3-4-11(24)12(25)5-9/h3-8,16,18-19,22-26,28-29H,1-2H3/t8-,16-,18+,19+,22-/m0/s1. The maximum atomic E-state index is 13.5. The van der Waals surface area contributed by atoms with Crippen LogP contribution in [0, 0.1) is 0 Å². The Balaban J connectivity index is 1.94. The highest BCUT2D eigenvalue weighted by molar-refractivity contribution is 5.88. The molecule has 11 heteroatoms. The van der Waals surface area contributed by atoms with E-state index >= 15 is 0 Å². The molecule has 0 aliphatic carbocycles. The summed E-state index contributed by atoms with van der Waals surface area (Å²) in [6, 6.07) is 6.00. The van der Waals surface area contributed by atoms with Gasteiger partial charge in [0.05, 0.1) is 13.2 Å². The molecular formula is C22H22O11. The van der Waals surface area contributed by atoms with Gasteiger partial charge in [0.1, 0.15) is 40.8 Å². The molecular weight excluding hydrogens is 440 g/mol. The van der Waals surface area contributed by atoms with Crippen LogP contribution in [0.1, 0.15) is 6.92 Å². The van der Waals surface area contributed by atoms with Crippen LogP contribution < -0.4 is 14.9 Å². The summed E-state index contributed by atoms with van der Waals surface area (Å²) in [5.41, 5.74) is -0.721. The van der Waals surface area contributed by atoms with Gasteiger partial charge in [0.15, 0.2) is 17.3 Å². The zero-order valence-electron chi connectivity index (χ0n) is 17.5. The van der Waals surface area contributed by atoms with Gasteiger partial charge >= 0.3 is 0 Å². The maximum Gasteiger partial charge on any atom is 0.239 e. The van der Waals surface area contributed by atoms with Crippen molar-refractivity contribution in [1.29, 1.82) is 0 Å². The molecule has 176 valence electrons. The Morgan fingerprint density at radius 3 is 2.33 bits per heavy atom. The van der Waals surface area contributed by atoms with Gasteiger partial charge in [-0.15, -0.1) is 0 Å². The van der Waals surface area contributed by atoms with Crippen LogP contribution in [0.3, 0.4) is 0 Å². The zero-order chi connectivity index (χ0) is 24.0. The summed E-state index contributed by atoms with van der Waals surface area (Å²) < 4.78 is 22.1. The predicted molar refractivity (Wildman–Crippen MR) is 112 cm³/mol. The minimum absolute atomic E-state index is 0.0161. The molecule has 0 unspecified atom stereocenters. The number of hydrogen-bond acceptors (Lipinski definition) is 11. The lowest BCUT2D eigenvalue weighted by Crippen LogP contribution is -2.58. The van der Waals surface area contributed by atoms with Crippen molar-refractivity contribution < 1.29 is 49.3 Å². The lowest BCUT2D eigenvalue weighted by Gasteiger charge is -2.38. The molecule has 1 fully saturated rings. The average molecular weight is 462 g/mol. The van der Waals surface area contributed by atoms with Gasteiger partial charge in [0, 0.05) is 17.7 Å². The molecule has 0 bridgehead atoms. The quantitative estimate of drug-likeness (QED) is 0.302. The first-order valence-electron chi connectivity index (χ1n) is 9.88. The van der Waals surface area contributed by atoms with E-state index in [2.05, 4.69) is 0 Å². The van der Waals surface area contributed by atoms with Crippen molar-refractivity contribution in [3.63, 3.8) is 0 Å². The van der Waals surface area contributed by atoms with E-state index in [9.17, 15) is 35.4 Å². The lowest BCUT2D eigenvalue weighted by atomic mass is 10.00. The average Bonchev–Trinajstić information content (AvgIpc) is 2.78. The molecule has 6 N–H and O–H groups in total. The zero-order valence-corrected chi connectivity index (χ0v) is 17.5. The van der Waals surface area contributed by atoms with E-state index in [-0.39, 0.29) is 33.8 Å². The Labute approximate surface area is 186 Å². The smallest absolute Gasteiger partial charge is 0.239 e. The van der Waals surface area contributed by atoms with Crippen molar-refractivity contribution in [2.45, 2.75) is 37.6 Å². The first kappa shape index (κ1) is 22.7. The summed E-state index contributed by atoms with van der Waals surface area (Å²) in [6.45, 7) is 1.45. The molecule has 0 saturated carbocycles. The molecule has 1 aliphatic heterocycles. The van der Waals surface area contributed by atoms with E-state index in [0.29, 0.717) is 0 Å². The van der Waals surface area contributed by atoms with Crippen LogP contribution in [0.25, 0.3) is 22.3 Å². The molecule has 1 aliphatic rings. The number of ether oxygens (including phenoxy) is 3. The number of fused-ring (bicyclic) bond motifs is 1. The molecule has 0 amide bonds. The van der Waals surface area contributed by atoms with Crippen molar-refractivity contribution >= 4 is 11.0 Å². The largest absolute Gasteiger partial charge is 0.508 e. The lowest BCUT2D eigenvalue weighted by molar-refractivity contribution is -0.268. The monoisotopic (exact) mass is 462 g/mol. The third-order valence-corrected chi connectivity index (χ3v) is 5.40. The Bertz CT molecular complexity index is 1250. The molecule has 1 aromatic heterocycles. The number of hydrogen-bond donors (Lipinski definition) is 6. The summed E-state index contributed by atoms with van der Waals surface area (Å²) >= 11 is 0. The first-order chi connectivity index (χ1) is 15.6. The van der Waals surface area contributed by atoms with Crippen molar-refractivity contribution in [3.05, 3.63) is 40.6 Å². The van der Waals surface area contributed by atoms with Gasteiger partial charge in [-0.2, -0.15) is 0 Å². The van der Waals surface area contributed by atoms with E-state index in [1.54, 1.807) is 0 Å². The van der Waals surface area contributed by atoms with Crippen molar-refractivity contribution in [2.75, 3.05) is 7.11 Å². The van der Waals surface area contributed by atoms with Crippen LogP contribution in [0.4, 0.5) is 0 Å². The van der Waals surface area contributed by atoms with Crippen LogP contribution in [-0.4, -0.2) is 68.5 Å². The van der Waals surface area contributed by atoms with E-state index in [4.69, 9.17) is 18.6 Å². The van der Waals surface area contributed by atoms with Crippen LogP contribution in [0.2, 0.25) is 0 Å². The minimum atomic E-state index is -1.71.